The molecule has 0 rings (SSSR count). The lowest BCUT2D eigenvalue weighted by Crippen LogP contribution is -2.12. The zero-order chi connectivity index (χ0) is 9.56. The fourth-order valence-corrected chi connectivity index (χ4v) is 5.73. The minimum atomic E-state index is -0.881. The Bertz CT molecular complexity index is 94.0. The van der Waals surface area contributed by atoms with Crippen molar-refractivity contribution in [3.63, 3.8) is 0 Å². The first kappa shape index (κ1) is 12.8. The average molecular weight is 205 g/mol. The molecule has 0 heterocycles. The molecule has 0 bridgehead atoms. The predicted molar refractivity (Wildman–Crippen MR) is 60.1 cm³/mol. The molecular weight excluding hydrogens is 183 g/mol. The Morgan fingerprint density at radius 3 is 1.58 bits per heavy atom. The lowest BCUT2D eigenvalue weighted by atomic mass is 10.1. The van der Waals surface area contributed by atoms with Crippen LogP contribution in [0, 0.1) is 11.8 Å². The van der Waals surface area contributed by atoms with Crippen molar-refractivity contribution >= 4 is 23.3 Å². The second-order valence-electron chi connectivity index (χ2n) is 4.10. The topological polar surface area (TPSA) is 0 Å². The fourth-order valence-electron chi connectivity index (χ4n) is 1.30. The molecule has 0 amide bonds. The van der Waals surface area contributed by atoms with E-state index >= 15 is 0 Å². The molecule has 2 atom stereocenters. The van der Waals surface area contributed by atoms with Gasteiger partial charge in [0.1, 0.15) is 0 Å². The van der Waals surface area contributed by atoms with Gasteiger partial charge in [-0.05, 0) is 0 Å². The van der Waals surface area contributed by atoms with Gasteiger partial charge in [-0.2, -0.15) is 0 Å². The summed E-state index contributed by atoms with van der Waals surface area (Å²) in [6.07, 6.45) is 2.58. The maximum atomic E-state index is 6.37. The lowest BCUT2D eigenvalue weighted by molar-refractivity contribution is 0.597. The van der Waals surface area contributed by atoms with Crippen LogP contribution in [0.1, 0.15) is 40.5 Å². The average Bonchev–Trinajstić information content (AvgIpc) is 2.03. The maximum Gasteiger partial charge on any atom is 0.400 e. The maximum absolute atomic E-state index is 6.37. The van der Waals surface area contributed by atoms with E-state index in [9.17, 15) is 0 Å². The Hall–Kier alpha value is 0.822. The molecule has 0 aliphatic rings. The highest BCUT2D eigenvalue weighted by atomic mass is 35.6. The molecule has 0 spiro atoms. The van der Waals surface area contributed by atoms with Crippen molar-refractivity contribution < 1.29 is 0 Å². The van der Waals surface area contributed by atoms with Gasteiger partial charge in [-0.1, -0.05) is 62.9 Å². The molecule has 0 N–H and O–H groups in total. The number of hydrogen-bond acceptors (Lipinski definition) is 0. The molecule has 0 aliphatic heterocycles. The standard InChI is InChI=1S/2C5H11.Al.ClH/c2*1-4-5(2)3;;/h2*5H,2,4H2,1,3H3;;1H/q;;+1;/p-1. The van der Waals surface area contributed by atoms with Gasteiger partial charge >= 0.3 is 13.2 Å². The first-order valence-corrected chi connectivity index (χ1v) is 8.62. The lowest BCUT2D eigenvalue weighted by Gasteiger charge is -2.13. The summed E-state index contributed by atoms with van der Waals surface area (Å²) in [5.41, 5.74) is 0. The van der Waals surface area contributed by atoms with E-state index in [0.717, 1.165) is 11.8 Å². The van der Waals surface area contributed by atoms with Gasteiger partial charge in [0.25, 0.3) is 0 Å². The molecule has 0 aromatic heterocycles. The van der Waals surface area contributed by atoms with Gasteiger partial charge in [-0.3, -0.25) is 10.0 Å². The predicted octanol–water partition coefficient (Wildman–Crippen LogP) is 4.31. The van der Waals surface area contributed by atoms with Gasteiger partial charge in [-0.25, -0.2) is 0 Å². The first-order chi connectivity index (χ1) is 5.60. The molecule has 0 fully saturated rings. The third kappa shape index (κ3) is 6.35. The minimum Gasteiger partial charge on any atom is -0.261 e. The van der Waals surface area contributed by atoms with E-state index < -0.39 is 13.2 Å². The van der Waals surface area contributed by atoms with Crippen molar-refractivity contribution in [1.29, 1.82) is 0 Å². The molecule has 0 radical (unpaired) electrons. The van der Waals surface area contributed by atoms with E-state index in [-0.39, 0.29) is 0 Å². The van der Waals surface area contributed by atoms with Gasteiger partial charge in [0.2, 0.25) is 0 Å². The Kier molecular flexibility index (Phi) is 7.74. The quantitative estimate of drug-likeness (QED) is 0.566. The highest BCUT2D eigenvalue weighted by Crippen LogP contribution is 2.20. The molecular formula is C10H22AlCl. The van der Waals surface area contributed by atoms with Crippen LogP contribution in [-0.4, -0.2) is 13.2 Å². The molecule has 0 nitrogen and oxygen atoms in total. The van der Waals surface area contributed by atoms with E-state index in [1.54, 1.807) is 0 Å². The van der Waals surface area contributed by atoms with Crippen molar-refractivity contribution in [2.45, 2.75) is 51.1 Å². The molecule has 0 saturated carbocycles. The molecule has 2 heteroatoms. The molecule has 0 saturated heterocycles. The molecule has 2 unspecified atom stereocenters. The Morgan fingerprint density at radius 1 is 1.00 bits per heavy atom. The molecule has 0 aromatic rings. The minimum absolute atomic E-state index is 0.850. The summed E-state index contributed by atoms with van der Waals surface area (Å²) in [5, 5.41) is 2.64. The van der Waals surface area contributed by atoms with Gasteiger partial charge in [0, 0.05) is 0 Å². The monoisotopic (exact) mass is 204 g/mol. The molecule has 12 heavy (non-hydrogen) atoms. The van der Waals surface area contributed by atoms with Crippen LogP contribution in [0.4, 0.5) is 0 Å². The summed E-state index contributed by atoms with van der Waals surface area (Å²) in [5.74, 6) is 1.70. The Balaban J connectivity index is 3.51. The van der Waals surface area contributed by atoms with Crippen molar-refractivity contribution in [2.75, 3.05) is 0 Å². The van der Waals surface area contributed by atoms with Gasteiger partial charge in [-0.15, -0.1) is 0 Å². The largest absolute Gasteiger partial charge is 0.400 e. The molecule has 0 aliphatic carbocycles. The van der Waals surface area contributed by atoms with Crippen LogP contribution in [-0.2, 0) is 0 Å². The number of rotatable bonds is 6. The summed E-state index contributed by atoms with van der Waals surface area (Å²) in [7, 11) is 6.37. The Labute approximate surface area is 86.3 Å². The van der Waals surface area contributed by atoms with Crippen molar-refractivity contribution in [3.8, 4) is 0 Å². The first-order valence-electron chi connectivity index (χ1n) is 5.24. The summed E-state index contributed by atoms with van der Waals surface area (Å²) in [4.78, 5) is 0. The van der Waals surface area contributed by atoms with Gasteiger partial charge in [0.15, 0.2) is 0 Å². The SMILES string of the molecule is CCC(C)[CH2][Al]([Cl])[CH2]C(C)CC. The van der Waals surface area contributed by atoms with Crippen LogP contribution in [0.15, 0.2) is 0 Å². The van der Waals surface area contributed by atoms with Crippen LogP contribution in [0.2, 0.25) is 10.6 Å². The number of hydrogen-bond donors (Lipinski definition) is 0. The van der Waals surface area contributed by atoms with Crippen LogP contribution in [0.3, 0.4) is 0 Å². The second-order valence-corrected chi connectivity index (χ2v) is 8.08. The van der Waals surface area contributed by atoms with Gasteiger partial charge < -0.3 is 0 Å². The van der Waals surface area contributed by atoms with E-state index in [1.165, 1.54) is 23.4 Å². The van der Waals surface area contributed by atoms with Crippen LogP contribution in [0.25, 0.3) is 0 Å². The van der Waals surface area contributed by atoms with E-state index in [2.05, 4.69) is 27.7 Å². The van der Waals surface area contributed by atoms with Crippen LogP contribution in [0.5, 0.6) is 0 Å². The van der Waals surface area contributed by atoms with Crippen molar-refractivity contribution in [2.24, 2.45) is 11.8 Å². The summed E-state index contributed by atoms with van der Waals surface area (Å²) in [6, 6.07) is 0. The zero-order valence-electron chi connectivity index (χ0n) is 8.94. The van der Waals surface area contributed by atoms with E-state index in [0.29, 0.717) is 0 Å². The molecule has 72 valence electrons. The summed E-state index contributed by atoms with van der Waals surface area (Å²) >= 11 is -0.881. The zero-order valence-corrected chi connectivity index (χ0v) is 10.8. The van der Waals surface area contributed by atoms with Crippen LogP contribution >= 0.6 is 10.0 Å². The second kappa shape index (κ2) is 7.25. The van der Waals surface area contributed by atoms with E-state index in [4.69, 9.17) is 10.0 Å². The number of halogens is 1. The Morgan fingerprint density at radius 2 is 1.33 bits per heavy atom. The van der Waals surface area contributed by atoms with Crippen LogP contribution < -0.4 is 0 Å². The molecule has 0 aromatic carbocycles. The highest BCUT2D eigenvalue weighted by Gasteiger charge is 2.19. The smallest absolute Gasteiger partial charge is 0.261 e. The highest BCUT2D eigenvalue weighted by molar-refractivity contribution is 7.06. The van der Waals surface area contributed by atoms with Crippen molar-refractivity contribution in [1.82, 2.24) is 0 Å². The normalized spacial score (nSPS) is 15.8. The summed E-state index contributed by atoms with van der Waals surface area (Å²) < 4.78 is 0. The van der Waals surface area contributed by atoms with Crippen molar-refractivity contribution in [3.05, 3.63) is 0 Å². The van der Waals surface area contributed by atoms with E-state index in [1.807, 2.05) is 0 Å². The third-order valence-electron chi connectivity index (χ3n) is 2.71. The van der Waals surface area contributed by atoms with Gasteiger partial charge in [0.05, 0.1) is 0 Å². The third-order valence-corrected chi connectivity index (χ3v) is 6.41. The fraction of sp³-hybridized carbons (Fsp3) is 1.00. The summed E-state index contributed by atoms with van der Waals surface area (Å²) in [6.45, 7) is 9.15.